The molecule has 0 saturated carbocycles. The van der Waals surface area contributed by atoms with Crippen LogP contribution in [0.2, 0.25) is 0 Å². The van der Waals surface area contributed by atoms with Crippen molar-refractivity contribution in [1.29, 1.82) is 0 Å². The number of aromatic nitrogens is 2. The molecule has 35 heavy (non-hydrogen) atoms. The number of benzene rings is 1. The summed E-state index contributed by atoms with van der Waals surface area (Å²) in [6.45, 7) is 5.07. The Labute approximate surface area is 201 Å². The van der Waals surface area contributed by atoms with Crippen molar-refractivity contribution in [3.63, 3.8) is 0 Å². The van der Waals surface area contributed by atoms with Gasteiger partial charge in [0.15, 0.2) is 5.65 Å². The Morgan fingerprint density at radius 2 is 1.69 bits per heavy atom. The van der Waals surface area contributed by atoms with Crippen molar-refractivity contribution >= 4 is 40.5 Å². The minimum Gasteiger partial charge on any atom is -0.408 e. The second-order valence-electron chi connectivity index (χ2n) is 8.34. The third-order valence-corrected chi connectivity index (χ3v) is 5.85. The van der Waals surface area contributed by atoms with Gasteiger partial charge in [0, 0.05) is 62.7 Å². The first-order valence-corrected chi connectivity index (χ1v) is 11.1. The molecule has 4 rings (SSSR count). The molecule has 1 aliphatic rings. The van der Waals surface area contributed by atoms with Gasteiger partial charge in [-0.25, -0.2) is 0 Å². The summed E-state index contributed by atoms with van der Waals surface area (Å²) in [6.07, 6.45) is 1.28. The number of hydrogen-bond acceptors (Lipinski definition) is 7. The van der Waals surface area contributed by atoms with Gasteiger partial charge in [-0.3, -0.25) is 28.5 Å². The number of nitrogens with zero attached hydrogens (tertiary/aromatic N) is 4. The van der Waals surface area contributed by atoms with Crippen molar-refractivity contribution < 1.29 is 28.7 Å². The molecule has 1 unspecified atom stereocenters. The van der Waals surface area contributed by atoms with Crippen molar-refractivity contribution in [2.75, 3.05) is 19.6 Å². The number of fused-ring (bicyclic) bond motifs is 1. The van der Waals surface area contributed by atoms with Crippen molar-refractivity contribution in [2.24, 2.45) is 0 Å². The highest BCUT2D eigenvalue weighted by atomic mass is 16.5. The fourth-order valence-electron chi connectivity index (χ4n) is 4.16. The molecular formula is C25H24N4O6. The summed E-state index contributed by atoms with van der Waals surface area (Å²) < 4.78 is 6.12. The predicted molar refractivity (Wildman–Crippen MR) is 125 cm³/mol. The molecule has 3 heterocycles. The molecule has 10 nitrogen and oxygen atoms in total. The maximum Gasteiger partial charge on any atom is 0.309 e. The number of piperazine rings is 1. The lowest BCUT2D eigenvalue weighted by Gasteiger charge is -2.39. The van der Waals surface area contributed by atoms with E-state index < -0.39 is 23.6 Å². The van der Waals surface area contributed by atoms with E-state index in [1.807, 2.05) is 6.07 Å². The quantitative estimate of drug-likeness (QED) is 0.322. The summed E-state index contributed by atoms with van der Waals surface area (Å²) in [5, 5.41) is 0.292. The Morgan fingerprint density at radius 3 is 2.31 bits per heavy atom. The highest BCUT2D eigenvalue weighted by Crippen LogP contribution is 2.25. The third kappa shape index (κ3) is 4.68. The smallest absolute Gasteiger partial charge is 0.309 e. The van der Waals surface area contributed by atoms with Crippen molar-refractivity contribution in [2.45, 2.75) is 26.8 Å². The fourth-order valence-corrected chi connectivity index (χ4v) is 4.16. The summed E-state index contributed by atoms with van der Waals surface area (Å²) in [4.78, 5) is 69.8. The van der Waals surface area contributed by atoms with Crippen LogP contribution in [0, 0.1) is 0 Å². The maximum absolute atomic E-state index is 13.2. The number of pyridine rings is 1. The molecule has 0 bridgehead atoms. The zero-order chi connectivity index (χ0) is 25.3. The lowest BCUT2D eigenvalue weighted by molar-refractivity contribution is -0.132. The Bertz CT molecular complexity index is 1350. The second-order valence-corrected chi connectivity index (χ2v) is 8.34. The lowest BCUT2D eigenvalue weighted by Crippen LogP contribution is -2.56. The number of hydrogen-bond donors (Lipinski definition) is 0. The Morgan fingerprint density at radius 1 is 0.971 bits per heavy atom. The highest BCUT2D eigenvalue weighted by molar-refractivity contribution is 6.45. The van der Waals surface area contributed by atoms with E-state index >= 15 is 0 Å². The van der Waals surface area contributed by atoms with E-state index in [1.165, 1.54) is 37.1 Å². The molecule has 2 amide bonds. The molecule has 180 valence electrons. The average Bonchev–Trinajstić information content (AvgIpc) is 3.22. The topological polar surface area (TPSA) is 119 Å². The van der Waals surface area contributed by atoms with Crippen LogP contribution in [-0.2, 0) is 9.59 Å². The lowest BCUT2D eigenvalue weighted by atomic mass is 10.1. The molecule has 1 fully saturated rings. The number of esters is 1. The third-order valence-electron chi connectivity index (χ3n) is 5.85. The summed E-state index contributed by atoms with van der Waals surface area (Å²) in [6, 6.07) is 11.4. The second kappa shape index (κ2) is 9.49. The van der Waals surface area contributed by atoms with Gasteiger partial charge in [-0.1, -0.05) is 18.2 Å². The molecule has 0 radical (unpaired) electrons. The minimum absolute atomic E-state index is 0.0243. The van der Waals surface area contributed by atoms with E-state index in [-0.39, 0.29) is 42.1 Å². The van der Waals surface area contributed by atoms with Crippen LogP contribution < -0.4 is 4.74 Å². The van der Waals surface area contributed by atoms with Crippen LogP contribution in [0.1, 0.15) is 46.3 Å². The number of carbonyl (C=O) groups excluding carboxylic acids is 5. The van der Waals surface area contributed by atoms with Gasteiger partial charge in [0.2, 0.25) is 11.8 Å². The standard InChI is InChI=1S/C25H24N4O6/c1-15-13-27(24(33)18-7-5-4-6-8-18)11-12-28(15)25(34)22(32)20-14-29(16(2)30)23-19(20)9-10-21(26-23)35-17(3)31/h4-10,14-15H,11-13H2,1-3H3. The van der Waals surface area contributed by atoms with E-state index in [4.69, 9.17) is 4.74 Å². The van der Waals surface area contributed by atoms with Crippen LogP contribution in [0.4, 0.5) is 0 Å². The van der Waals surface area contributed by atoms with Gasteiger partial charge >= 0.3 is 5.97 Å². The van der Waals surface area contributed by atoms with Gasteiger partial charge in [-0.15, -0.1) is 0 Å². The van der Waals surface area contributed by atoms with Gasteiger partial charge < -0.3 is 14.5 Å². The first-order valence-electron chi connectivity index (χ1n) is 11.1. The first kappa shape index (κ1) is 23.8. The number of ketones is 1. The van der Waals surface area contributed by atoms with Gasteiger partial charge in [0.25, 0.3) is 17.6 Å². The van der Waals surface area contributed by atoms with Crippen LogP contribution in [0.3, 0.4) is 0 Å². The molecule has 3 aromatic rings. The van der Waals surface area contributed by atoms with Crippen molar-refractivity contribution in [1.82, 2.24) is 19.4 Å². The number of amides is 2. The zero-order valence-electron chi connectivity index (χ0n) is 19.6. The molecule has 1 saturated heterocycles. The highest BCUT2D eigenvalue weighted by Gasteiger charge is 2.34. The zero-order valence-corrected chi connectivity index (χ0v) is 19.6. The number of rotatable bonds is 4. The molecule has 10 heteroatoms. The van der Waals surface area contributed by atoms with Crippen LogP contribution >= 0.6 is 0 Å². The summed E-state index contributed by atoms with van der Waals surface area (Å²) in [7, 11) is 0. The number of ether oxygens (including phenoxy) is 1. The molecule has 0 N–H and O–H groups in total. The van der Waals surface area contributed by atoms with E-state index in [9.17, 15) is 24.0 Å². The van der Waals surface area contributed by atoms with E-state index in [2.05, 4.69) is 4.98 Å². The molecule has 2 aromatic heterocycles. The monoisotopic (exact) mass is 476 g/mol. The SMILES string of the molecule is CC(=O)Oc1ccc2c(C(=O)C(=O)N3CCN(C(=O)c4ccccc4)CC3C)cn(C(C)=O)c2n1. The first-order chi connectivity index (χ1) is 16.7. The van der Waals surface area contributed by atoms with Gasteiger partial charge in [0.05, 0.1) is 5.56 Å². The van der Waals surface area contributed by atoms with Crippen molar-refractivity contribution in [3.8, 4) is 5.88 Å². The van der Waals surface area contributed by atoms with E-state index in [0.29, 0.717) is 17.5 Å². The number of Topliss-reactive ketones (excluding diaryl/α,β-unsaturated/α-hetero) is 1. The maximum atomic E-state index is 13.2. The van der Waals surface area contributed by atoms with Crippen LogP contribution in [0.5, 0.6) is 5.88 Å². The summed E-state index contributed by atoms with van der Waals surface area (Å²) >= 11 is 0. The van der Waals surface area contributed by atoms with Crippen LogP contribution in [0.15, 0.2) is 48.7 Å². The van der Waals surface area contributed by atoms with Crippen LogP contribution in [-0.4, -0.2) is 74.5 Å². The predicted octanol–water partition coefficient (Wildman–Crippen LogP) is 2.18. The van der Waals surface area contributed by atoms with E-state index in [0.717, 1.165) is 4.57 Å². The molecule has 1 aliphatic heterocycles. The molecule has 1 atom stereocenters. The molecule has 1 aromatic carbocycles. The molecule has 0 spiro atoms. The fraction of sp³-hybridized carbons (Fsp3) is 0.280. The largest absolute Gasteiger partial charge is 0.408 e. The summed E-state index contributed by atoms with van der Waals surface area (Å²) in [5.74, 6) is -2.67. The van der Waals surface area contributed by atoms with Gasteiger partial charge in [-0.05, 0) is 25.1 Å². The average molecular weight is 476 g/mol. The minimum atomic E-state index is -0.785. The van der Waals surface area contributed by atoms with Gasteiger partial charge in [0.1, 0.15) is 0 Å². The Balaban J connectivity index is 1.56. The van der Waals surface area contributed by atoms with Crippen LogP contribution in [0.25, 0.3) is 11.0 Å². The Kier molecular flexibility index (Phi) is 6.46. The normalized spacial score (nSPS) is 15.7. The molecule has 0 aliphatic carbocycles. The van der Waals surface area contributed by atoms with Gasteiger partial charge in [-0.2, -0.15) is 4.98 Å². The van der Waals surface area contributed by atoms with Crippen molar-refractivity contribution in [3.05, 3.63) is 59.8 Å². The number of carbonyl (C=O) groups is 5. The molecular weight excluding hydrogens is 452 g/mol. The summed E-state index contributed by atoms with van der Waals surface area (Å²) in [5.41, 5.74) is 0.698. The van der Waals surface area contributed by atoms with E-state index in [1.54, 1.807) is 36.1 Å². The Hall–Kier alpha value is -4.34.